The van der Waals surface area contributed by atoms with Crippen LogP contribution < -0.4 is 10.5 Å². The average Bonchev–Trinajstić information content (AvgIpc) is 3.18. The summed E-state index contributed by atoms with van der Waals surface area (Å²) in [7, 11) is 0. The zero-order chi connectivity index (χ0) is 23.0. The normalized spacial score (nSPS) is 14.6. The number of ether oxygens (including phenoxy) is 1. The Bertz CT molecular complexity index is 1240. The summed E-state index contributed by atoms with van der Waals surface area (Å²) in [6.45, 7) is 7.46. The van der Waals surface area contributed by atoms with Gasteiger partial charge in [0.2, 0.25) is 4.96 Å². The Hall–Kier alpha value is -3.47. The van der Waals surface area contributed by atoms with Gasteiger partial charge >= 0.3 is 12.1 Å². The number of anilines is 1. The minimum atomic E-state index is -1.03. The Morgan fingerprint density at radius 2 is 1.84 bits per heavy atom. The fraction of sp³-hybridized carbons (Fsp3) is 0.381. The van der Waals surface area contributed by atoms with E-state index in [0.717, 1.165) is 0 Å². The summed E-state index contributed by atoms with van der Waals surface area (Å²) in [6, 6.07) is 7.82. The first-order valence-electron chi connectivity index (χ1n) is 10.1. The highest BCUT2D eigenvalue weighted by Crippen LogP contribution is 2.26. The van der Waals surface area contributed by atoms with Crippen LogP contribution in [0.5, 0.6) is 0 Å². The monoisotopic (exact) mass is 457 g/mol. The Balaban J connectivity index is 1.54. The van der Waals surface area contributed by atoms with Gasteiger partial charge in [0.25, 0.3) is 5.56 Å². The fourth-order valence-corrected chi connectivity index (χ4v) is 4.20. The van der Waals surface area contributed by atoms with Gasteiger partial charge in [-0.3, -0.25) is 4.79 Å². The fourth-order valence-electron chi connectivity index (χ4n) is 3.31. The molecule has 4 rings (SSSR count). The highest BCUT2D eigenvalue weighted by Gasteiger charge is 2.27. The van der Waals surface area contributed by atoms with Gasteiger partial charge in [-0.15, -0.1) is 0 Å². The molecule has 11 heteroatoms. The molecule has 2 aromatic heterocycles. The van der Waals surface area contributed by atoms with Crippen molar-refractivity contribution in [3.05, 3.63) is 46.2 Å². The number of amides is 1. The van der Waals surface area contributed by atoms with E-state index in [1.54, 1.807) is 17.0 Å². The third kappa shape index (κ3) is 4.57. The molecule has 0 aliphatic carbocycles. The quantitative estimate of drug-likeness (QED) is 0.638. The zero-order valence-electron chi connectivity index (χ0n) is 17.9. The predicted molar refractivity (Wildman–Crippen MR) is 120 cm³/mol. The Morgan fingerprint density at radius 1 is 1.12 bits per heavy atom. The largest absolute Gasteiger partial charge is 0.478 e. The summed E-state index contributed by atoms with van der Waals surface area (Å²) in [5.41, 5.74) is -0.127. The lowest BCUT2D eigenvalue weighted by Gasteiger charge is -2.36. The summed E-state index contributed by atoms with van der Waals surface area (Å²) in [5, 5.41) is 14.0. The lowest BCUT2D eigenvalue weighted by Crippen LogP contribution is -2.50. The van der Waals surface area contributed by atoms with Crippen LogP contribution in [-0.2, 0) is 4.74 Å². The predicted octanol–water partition coefficient (Wildman–Crippen LogP) is 2.57. The maximum atomic E-state index is 12.7. The summed E-state index contributed by atoms with van der Waals surface area (Å²) in [5.74, 6) is -0.510. The van der Waals surface area contributed by atoms with Crippen LogP contribution in [0, 0.1) is 0 Å². The van der Waals surface area contributed by atoms with Gasteiger partial charge < -0.3 is 19.6 Å². The average molecular weight is 458 g/mol. The number of rotatable bonds is 3. The van der Waals surface area contributed by atoms with Crippen molar-refractivity contribution in [3.63, 3.8) is 0 Å². The van der Waals surface area contributed by atoms with Crippen molar-refractivity contribution in [3.8, 4) is 10.6 Å². The van der Waals surface area contributed by atoms with Gasteiger partial charge in [0.05, 0.1) is 5.56 Å². The van der Waals surface area contributed by atoms with E-state index < -0.39 is 11.6 Å². The molecule has 0 spiro atoms. The van der Waals surface area contributed by atoms with Crippen molar-refractivity contribution in [1.29, 1.82) is 0 Å². The Labute approximate surface area is 187 Å². The number of fused-ring (bicyclic) bond motifs is 1. The molecule has 3 aromatic rings. The molecule has 168 valence electrons. The summed E-state index contributed by atoms with van der Waals surface area (Å²) < 4.78 is 6.64. The molecule has 0 saturated carbocycles. The maximum Gasteiger partial charge on any atom is 0.410 e. The molecule has 0 radical (unpaired) electrons. The highest BCUT2D eigenvalue weighted by molar-refractivity contribution is 7.19. The lowest BCUT2D eigenvalue weighted by molar-refractivity contribution is 0.0240. The standard InChI is InChI=1S/C21H23N5O5S/c1-21(2,3)31-20(30)25-9-7-24(8-10-25)15-12-16(27)26-19(22-15)32-17(23-26)13-5-4-6-14(11-13)18(28)29/h4-6,11-12H,7-10H2,1-3H3,(H,28,29). The van der Waals surface area contributed by atoms with E-state index in [2.05, 4.69) is 10.1 Å². The molecule has 1 fully saturated rings. The number of carboxylic acids is 1. The second-order valence-electron chi connectivity index (χ2n) is 8.39. The van der Waals surface area contributed by atoms with Crippen molar-refractivity contribution in [2.75, 3.05) is 31.1 Å². The van der Waals surface area contributed by atoms with Gasteiger partial charge in [-0.2, -0.15) is 9.61 Å². The van der Waals surface area contributed by atoms with Crippen molar-refractivity contribution in [1.82, 2.24) is 19.5 Å². The SMILES string of the molecule is CC(C)(C)OC(=O)N1CCN(c2cc(=O)n3nc(-c4cccc(C(=O)O)c4)sc3n2)CC1. The molecule has 1 N–H and O–H groups in total. The lowest BCUT2D eigenvalue weighted by atomic mass is 10.1. The molecule has 0 unspecified atom stereocenters. The number of hydrogen-bond acceptors (Lipinski definition) is 8. The first-order valence-corrected chi connectivity index (χ1v) is 10.9. The molecule has 1 aromatic carbocycles. The number of benzene rings is 1. The van der Waals surface area contributed by atoms with Crippen LogP contribution in [0.4, 0.5) is 10.6 Å². The first-order chi connectivity index (χ1) is 15.1. The van der Waals surface area contributed by atoms with E-state index in [1.165, 1.54) is 34.1 Å². The van der Waals surface area contributed by atoms with E-state index in [0.29, 0.717) is 47.5 Å². The van der Waals surface area contributed by atoms with Gasteiger partial charge in [0, 0.05) is 37.8 Å². The summed E-state index contributed by atoms with van der Waals surface area (Å²) in [4.78, 5) is 44.8. The molecule has 1 aliphatic heterocycles. The zero-order valence-corrected chi connectivity index (χ0v) is 18.8. The molecular formula is C21H23N5O5S. The highest BCUT2D eigenvalue weighted by atomic mass is 32.1. The number of nitrogens with zero attached hydrogens (tertiary/aromatic N) is 5. The third-order valence-corrected chi connectivity index (χ3v) is 5.80. The van der Waals surface area contributed by atoms with Crippen molar-refractivity contribution in [2.45, 2.75) is 26.4 Å². The first kappa shape index (κ1) is 21.8. The van der Waals surface area contributed by atoms with Crippen LogP contribution in [0.25, 0.3) is 15.5 Å². The number of aromatic nitrogens is 3. The topological polar surface area (TPSA) is 117 Å². The molecular weight excluding hydrogens is 434 g/mol. The minimum Gasteiger partial charge on any atom is -0.478 e. The molecule has 32 heavy (non-hydrogen) atoms. The van der Waals surface area contributed by atoms with Crippen molar-refractivity contribution >= 4 is 34.2 Å². The number of aromatic carboxylic acids is 1. The van der Waals surface area contributed by atoms with E-state index in [9.17, 15) is 19.5 Å². The van der Waals surface area contributed by atoms with Crippen LogP contribution >= 0.6 is 11.3 Å². The van der Waals surface area contributed by atoms with Crippen LogP contribution in [0.2, 0.25) is 0 Å². The van der Waals surface area contributed by atoms with E-state index in [1.807, 2.05) is 25.7 Å². The number of hydrogen-bond donors (Lipinski definition) is 1. The van der Waals surface area contributed by atoms with Crippen LogP contribution in [0.15, 0.2) is 35.1 Å². The van der Waals surface area contributed by atoms with Crippen LogP contribution in [0.3, 0.4) is 0 Å². The van der Waals surface area contributed by atoms with E-state index >= 15 is 0 Å². The molecule has 1 aliphatic rings. The Kier molecular flexibility index (Phi) is 5.59. The van der Waals surface area contributed by atoms with Gasteiger partial charge in [-0.25, -0.2) is 14.6 Å². The molecule has 1 saturated heterocycles. The minimum absolute atomic E-state index is 0.144. The number of carboxylic acid groups (broad SMARTS) is 1. The molecule has 0 atom stereocenters. The number of carbonyl (C=O) groups is 2. The number of piperazine rings is 1. The second kappa shape index (κ2) is 8.23. The summed E-state index contributed by atoms with van der Waals surface area (Å²) >= 11 is 1.21. The van der Waals surface area contributed by atoms with E-state index in [4.69, 9.17) is 4.74 Å². The summed E-state index contributed by atoms with van der Waals surface area (Å²) in [6.07, 6.45) is -0.351. The molecule has 3 heterocycles. The molecule has 1 amide bonds. The smallest absolute Gasteiger partial charge is 0.410 e. The van der Waals surface area contributed by atoms with E-state index in [-0.39, 0.29) is 17.2 Å². The van der Waals surface area contributed by atoms with Crippen molar-refractivity contribution < 1.29 is 19.4 Å². The number of carbonyl (C=O) groups excluding carboxylic acids is 1. The van der Waals surface area contributed by atoms with Gasteiger partial charge in [0.1, 0.15) is 16.4 Å². The van der Waals surface area contributed by atoms with Gasteiger partial charge in [0.15, 0.2) is 0 Å². The van der Waals surface area contributed by atoms with Gasteiger partial charge in [-0.05, 0) is 32.9 Å². The van der Waals surface area contributed by atoms with Crippen molar-refractivity contribution in [2.24, 2.45) is 0 Å². The maximum absolute atomic E-state index is 12.7. The third-order valence-electron chi connectivity index (χ3n) is 4.84. The Morgan fingerprint density at radius 3 is 2.50 bits per heavy atom. The molecule has 0 bridgehead atoms. The molecule has 10 nitrogen and oxygen atoms in total. The van der Waals surface area contributed by atoms with Gasteiger partial charge in [-0.1, -0.05) is 23.5 Å². The van der Waals surface area contributed by atoms with Crippen LogP contribution in [-0.4, -0.2) is 68.4 Å². The van der Waals surface area contributed by atoms with Crippen LogP contribution in [0.1, 0.15) is 31.1 Å². The second-order valence-corrected chi connectivity index (χ2v) is 9.35.